The van der Waals surface area contributed by atoms with Crippen LogP contribution in [0.4, 0.5) is 0 Å². The van der Waals surface area contributed by atoms with Crippen molar-refractivity contribution in [2.24, 2.45) is 5.92 Å². The molecule has 0 aromatic heterocycles. The predicted molar refractivity (Wildman–Crippen MR) is 80.5 cm³/mol. The average Bonchev–Trinajstić information content (AvgIpc) is 3.26. The van der Waals surface area contributed by atoms with Crippen molar-refractivity contribution in [2.75, 3.05) is 14.2 Å². The lowest BCUT2D eigenvalue weighted by atomic mass is 10.0. The molecule has 0 N–H and O–H groups in total. The van der Waals surface area contributed by atoms with Crippen LogP contribution in [0.3, 0.4) is 0 Å². The number of methoxy groups -OCH3 is 2. The minimum absolute atomic E-state index is 0.597. The van der Waals surface area contributed by atoms with Crippen LogP contribution in [0.5, 0.6) is 11.5 Å². The van der Waals surface area contributed by atoms with Crippen molar-refractivity contribution in [3.63, 3.8) is 0 Å². The van der Waals surface area contributed by atoms with Crippen LogP contribution in [0.15, 0.2) is 48.5 Å². The molecule has 0 bridgehead atoms. The van der Waals surface area contributed by atoms with Gasteiger partial charge >= 0.3 is 0 Å². The molecule has 1 saturated carbocycles. The van der Waals surface area contributed by atoms with Crippen LogP contribution in [-0.4, -0.2) is 14.2 Å². The molecule has 104 valence electrons. The summed E-state index contributed by atoms with van der Waals surface area (Å²) in [4.78, 5) is 0. The van der Waals surface area contributed by atoms with E-state index >= 15 is 0 Å². The summed E-state index contributed by atoms with van der Waals surface area (Å²) in [5, 5.41) is 0. The molecule has 0 radical (unpaired) electrons. The Morgan fingerprint density at radius 3 is 2.50 bits per heavy atom. The zero-order valence-electron chi connectivity index (χ0n) is 12.0. The van der Waals surface area contributed by atoms with E-state index in [0.29, 0.717) is 5.92 Å². The first-order chi connectivity index (χ1) is 9.81. The first-order valence-corrected chi connectivity index (χ1v) is 7.07. The van der Waals surface area contributed by atoms with E-state index < -0.39 is 0 Å². The van der Waals surface area contributed by atoms with Crippen molar-refractivity contribution in [3.8, 4) is 11.5 Å². The Bertz CT molecular complexity index is 577. The van der Waals surface area contributed by atoms with Gasteiger partial charge in [-0.1, -0.05) is 30.3 Å². The molecule has 2 atom stereocenters. The molecule has 0 amide bonds. The molecule has 0 saturated heterocycles. The molecule has 2 aromatic carbocycles. The molecule has 20 heavy (non-hydrogen) atoms. The Kier molecular flexibility index (Phi) is 3.64. The summed E-state index contributed by atoms with van der Waals surface area (Å²) in [5.41, 5.74) is 2.70. The molecule has 1 aliphatic rings. The smallest absolute Gasteiger partial charge is 0.122 e. The van der Waals surface area contributed by atoms with Gasteiger partial charge in [0.15, 0.2) is 0 Å². The van der Waals surface area contributed by atoms with E-state index in [-0.39, 0.29) is 0 Å². The topological polar surface area (TPSA) is 18.5 Å². The standard InChI is InChI=1S/C18H20O2/c1-19-15-8-9-18(20-2)17(12-15)16-11-14(16)10-13-6-4-3-5-7-13/h3-9,12,14,16H,10-11H2,1-2H3. The molecule has 2 nitrogen and oxygen atoms in total. The first kappa shape index (κ1) is 13.0. The highest BCUT2D eigenvalue weighted by molar-refractivity contribution is 5.45. The number of ether oxygens (including phenoxy) is 2. The molecule has 1 fully saturated rings. The van der Waals surface area contributed by atoms with Gasteiger partial charge in [0.25, 0.3) is 0 Å². The SMILES string of the molecule is COc1ccc(OC)c(C2CC2Cc2ccccc2)c1. The van der Waals surface area contributed by atoms with E-state index in [1.165, 1.54) is 17.5 Å². The maximum Gasteiger partial charge on any atom is 0.122 e. The van der Waals surface area contributed by atoms with Crippen LogP contribution in [-0.2, 0) is 6.42 Å². The van der Waals surface area contributed by atoms with E-state index in [0.717, 1.165) is 23.8 Å². The van der Waals surface area contributed by atoms with Crippen molar-refractivity contribution in [3.05, 3.63) is 59.7 Å². The van der Waals surface area contributed by atoms with Crippen LogP contribution in [0, 0.1) is 5.92 Å². The highest BCUT2D eigenvalue weighted by Crippen LogP contribution is 2.52. The van der Waals surface area contributed by atoms with Crippen molar-refractivity contribution in [1.82, 2.24) is 0 Å². The lowest BCUT2D eigenvalue weighted by molar-refractivity contribution is 0.398. The minimum Gasteiger partial charge on any atom is -0.497 e. The fourth-order valence-corrected chi connectivity index (χ4v) is 2.90. The molecule has 0 heterocycles. The van der Waals surface area contributed by atoms with Crippen molar-refractivity contribution in [1.29, 1.82) is 0 Å². The zero-order valence-corrected chi connectivity index (χ0v) is 12.0. The fourth-order valence-electron chi connectivity index (χ4n) is 2.90. The molecule has 3 rings (SSSR count). The third-order valence-corrected chi connectivity index (χ3v) is 4.10. The maximum absolute atomic E-state index is 5.49. The summed E-state index contributed by atoms with van der Waals surface area (Å²) in [6.45, 7) is 0. The quantitative estimate of drug-likeness (QED) is 0.814. The van der Waals surface area contributed by atoms with Crippen LogP contribution >= 0.6 is 0 Å². The fraction of sp³-hybridized carbons (Fsp3) is 0.333. The Hall–Kier alpha value is -1.96. The number of hydrogen-bond acceptors (Lipinski definition) is 2. The van der Waals surface area contributed by atoms with Gasteiger partial charge in [0, 0.05) is 5.56 Å². The molecule has 0 spiro atoms. The van der Waals surface area contributed by atoms with Gasteiger partial charge in [0.2, 0.25) is 0 Å². The molecule has 2 aromatic rings. The molecule has 2 heteroatoms. The summed E-state index contributed by atoms with van der Waals surface area (Å²) >= 11 is 0. The number of hydrogen-bond donors (Lipinski definition) is 0. The maximum atomic E-state index is 5.49. The lowest BCUT2D eigenvalue weighted by Crippen LogP contribution is -1.95. The van der Waals surface area contributed by atoms with Gasteiger partial charge in [0.05, 0.1) is 14.2 Å². The average molecular weight is 268 g/mol. The highest BCUT2D eigenvalue weighted by atomic mass is 16.5. The second kappa shape index (κ2) is 5.58. The van der Waals surface area contributed by atoms with Crippen LogP contribution in [0.25, 0.3) is 0 Å². The zero-order chi connectivity index (χ0) is 13.9. The van der Waals surface area contributed by atoms with Crippen molar-refractivity contribution in [2.45, 2.75) is 18.8 Å². The van der Waals surface area contributed by atoms with E-state index in [1.54, 1.807) is 14.2 Å². The monoisotopic (exact) mass is 268 g/mol. The van der Waals surface area contributed by atoms with Gasteiger partial charge in [-0.05, 0) is 48.4 Å². The second-order valence-corrected chi connectivity index (χ2v) is 5.40. The predicted octanol–water partition coefficient (Wildman–Crippen LogP) is 4.05. The van der Waals surface area contributed by atoms with E-state index in [2.05, 4.69) is 36.4 Å². The Labute approximate surface area is 120 Å². The summed E-state index contributed by atoms with van der Waals surface area (Å²) in [6, 6.07) is 16.8. The van der Waals surface area contributed by atoms with Gasteiger partial charge in [-0.15, -0.1) is 0 Å². The summed E-state index contributed by atoms with van der Waals surface area (Å²) in [5.74, 6) is 3.20. The summed E-state index contributed by atoms with van der Waals surface area (Å²) < 4.78 is 10.8. The summed E-state index contributed by atoms with van der Waals surface area (Å²) in [7, 11) is 3.44. The Balaban J connectivity index is 1.75. The van der Waals surface area contributed by atoms with E-state index in [1.807, 2.05) is 12.1 Å². The third-order valence-electron chi connectivity index (χ3n) is 4.10. The Morgan fingerprint density at radius 1 is 1.00 bits per heavy atom. The molecule has 0 aliphatic heterocycles. The summed E-state index contributed by atoms with van der Waals surface area (Å²) in [6.07, 6.45) is 2.38. The molecule has 2 unspecified atom stereocenters. The number of benzene rings is 2. The minimum atomic E-state index is 0.597. The van der Waals surface area contributed by atoms with Crippen LogP contribution < -0.4 is 9.47 Å². The van der Waals surface area contributed by atoms with Crippen LogP contribution in [0.2, 0.25) is 0 Å². The van der Waals surface area contributed by atoms with Gasteiger partial charge in [-0.3, -0.25) is 0 Å². The van der Waals surface area contributed by atoms with Gasteiger partial charge < -0.3 is 9.47 Å². The van der Waals surface area contributed by atoms with Crippen LogP contribution in [0.1, 0.15) is 23.5 Å². The van der Waals surface area contributed by atoms with E-state index in [9.17, 15) is 0 Å². The van der Waals surface area contributed by atoms with Gasteiger partial charge in [-0.2, -0.15) is 0 Å². The van der Waals surface area contributed by atoms with Gasteiger partial charge in [0.1, 0.15) is 11.5 Å². The molecule has 1 aliphatic carbocycles. The largest absolute Gasteiger partial charge is 0.497 e. The third kappa shape index (κ3) is 2.64. The van der Waals surface area contributed by atoms with Crippen molar-refractivity contribution < 1.29 is 9.47 Å². The number of rotatable bonds is 5. The van der Waals surface area contributed by atoms with Crippen molar-refractivity contribution >= 4 is 0 Å². The molecular formula is C18H20O2. The molecular weight excluding hydrogens is 248 g/mol. The van der Waals surface area contributed by atoms with Gasteiger partial charge in [-0.25, -0.2) is 0 Å². The highest BCUT2D eigenvalue weighted by Gasteiger charge is 2.39. The van der Waals surface area contributed by atoms with E-state index in [4.69, 9.17) is 9.47 Å². The lowest BCUT2D eigenvalue weighted by Gasteiger charge is -2.10. The normalized spacial score (nSPS) is 20.5. The second-order valence-electron chi connectivity index (χ2n) is 5.40. The first-order valence-electron chi connectivity index (χ1n) is 7.07. The Morgan fingerprint density at radius 2 is 1.80 bits per heavy atom.